The van der Waals surface area contributed by atoms with Gasteiger partial charge in [-0.3, -0.25) is 4.99 Å². The maximum Gasteiger partial charge on any atom is 0.191 e. The Labute approximate surface area is 193 Å². The Balaban J connectivity index is 0.00000320. The number of hydrogen-bond acceptors (Lipinski definition) is 3. The highest BCUT2D eigenvalue weighted by Gasteiger charge is 2.17. The molecule has 1 saturated heterocycles. The fraction of sp³-hybridized carbons (Fsp3) is 0.409. The molecule has 0 aromatic heterocycles. The van der Waals surface area contributed by atoms with Crippen molar-refractivity contribution in [2.75, 3.05) is 26.9 Å². The number of nitrogens with zero attached hydrogens (tertiary/aromatic N) is 1. The molecule has 0 aliphatic carbocycles. The van der Waals surface area contributed by atoms with Gasteiger partial charge in [0.05, 0.1) is 13.2 Å². The van der Waals surface area contributed by atoms with Crippen LogP contribution in [0.3, 0.4) is 0 Å². The van der Waals surface area contributed by atoms with Crippen molar-refractivity contribution >= 4 is 29.9 Å². The van der Waals surface area contributed by atoms with E-state index in [0.29, 0.717) is 25.0 Å². The minimum absolute atomic E-state index is 0. The molecule has 1 atom stereocenters. The molecule has 0 bridgehead atoms. The number of hydrogen-bond donors (Lipinski definition) is 2. The number of guanidine groups is 1. The van der Waals surface area contributed by atoms with Crippen LogP contribution in [0.2, 0.25) is 0 Å². The summed E-state index contributed by atoms with van der Waals surface area (Å²) in [6.45, 7) is 4.81. The van der Waals surface area contributed by atoms with E-state index in [4.69, 9.17) is 9.47 Å². The smallest absolute Gasteiger partial charge is 0.191 e. The second-order valence-electron chi connectivity index (χ2n) is 7.17. The van der Waals surface area contributed by atoms with Crippen molar-refractivity contribution < 1.29 is 18.3 Å². The van der Waals surface area contributed by atoms with Gasteiger partial charge < -0.3 is 20.1 Å². The minimum atomic E-state index is -0.472. The molecular weight excluding hydrogens is 503 g/mol. The molecule has 8 heteroatoms. The average Bonchev–Trinajstić information content (AvgIpc) is 3.23. The summed E-state index contributed by atoms with van der Waals surface area (Å²) in [5.41, 5.74) is 2.36. The van der Waals surface area contributed by atoms with Crippen LogP contribution in [0.1, 0.15) is 23.1 Å². The third-order valence-corrected chi connectivity index (χ3v) is 4.85. The van der Waals surface area contributed by atoms with Gasteiger partial charge >= 0.3 is 0 Å². The molecule has 30 heavy (non-hydrogen) atoms. The van der Waals surface area contributed by atoms with E-state index in [1.54, 1.807) is 7.05 Å². The predicted molar refractivity (Wildman–Crippen MR) is 124 cm³/mol. The van der Waals surface area contributed by atoms with Crippen LogP contribution in [-0.4, -0.2) is 32.8 Å². The lowest BCUT2D eigenvalue weighted by Crippen LogP contribution is -2.36. The highest BCUT2D eigenvalue weighted by molar-refractivity contribution is 14.0. The van der Waals surface area contributed by atoms with Gasteiger partial charge in [-0.25, -0.2) is 8.78 Å². The van der Waals surface area contributed by atoms with Crippen molar-refractivity contribution in [3.05, 3.63) is 64.7 Å². The van der Waals surface area contributed by atoms with Crippen LogP contribution in [0.4, 0.5) is 8.78 Å². The number of benzene rings is 2. The normalized spacial score (nSPS) is 16.1. The van der Waals surface area contributed by atoms with Crippen LogP contribution in [0, 0.1) is 24.5 Å². The third-order valence-electron chi connectivity index (χ3n) is 4.85. The Morgan fingerprint density at radius 2 is 1.90 bits per heavy atom. The summed E-state index contributed by atoms with van der Waals surface area (Å²) in [6.07, 6.45) is 1.02. The van der Waals surface area contributed by atoms with Crippen LogP contribution < -0.4 is 15.4 Å². The second kappa shape index (κ2) is 12.0. The fourth-order valence-corrected chi connectivity index (χ4v) is 3.12. The highest BCUT2D eigenvalue weighted by Crippen LogP contribution is 2.22. The zero-order valence-electron chi connectivity index (χ0n) is 17.2. The molecule has 2 aromatic carbocycles. The van der Waals surface area contributed by atoms with Crippen LogP contribution in [0.25, 0.3) is 0 Å². The van der Waals surface area contributed by atoms with E-state index >= 15 is 0 Å². The van der Waals surface area contributed by atoms with E-state index in [2.05, 4.69) is 15.6 Å². The van der Waals surface area contributed by atoms with E-state index in [1.807, 2.05) is 25.1 Å². The fourth-order valence-electron chi connectivity index (χ4n) is 3.12. The minimum Gasteiger partial charge on any atom is -0.493 e. The van der Waals surface area contributed by atoms with E-state index in [1.165, 1.54) is 6.07 Å². The van der Waals surface area contributed by atoms with E-state index in [0.717, 1.165) is 48.6 Å². The first-order chi connectivity index (χ1) is 14.0. The van der Waals surface area contributed by atoms with E-state index < -0.39 is 11.6 Å². The first-order valence-corrected chi connectivity index (χ1v) is 9.73. The number of nitrogens with one attached hydrogen (secondary N) is 2. The van der Waals surface area contributed by atoms with E-state index in [9.17, 15) is 8.78 Å². The van der Waals surface area contributed by atoms with Crippen molar-refractivity contribution in [3.8, 4) is 5.75 Å². The van der Waals surface area contributed by atoms with Crippen LogP contribution in [0.15, 0.2) is 41.4 Å². The zero-order valence-corrected chi connectivity index (χ0v) is 19.5. The van der Waals surface area contributed by atoms with Gasteiger partial charge in [0.2, 0.25) is 0 Å². The number of halogens is 3. The summed E-state index contributed by atoms with van der Waals surface area (Å²) in [5, 5.41) is 6.20. The molecule has 1 fully saturated rings. The molecule has 1 aliphatic rings. The topological polar surface area (TPSA) is 54.9 Å². The van der Waals surface area contributed by atoms with Gasteiger partial charge in [0.1, 0.15) is 17.4 Å². The molecule has 1 heterocycles. The molecule has 2 N–H and O–H groups in total. The maximum atomic E-state index is 13.8. The molecular formula is C22H28F2IN3O2. The van der Waals surface area contributed by atoms with Crippen molar-refractivity contribution in [1.82, 2.24) is 10.6 Å². The van der Waals surface area contributed by atoms with Gasteiger partial charge in [0.15, 0.2) is 5.96 Å². The van der Waals surface area contributed by atoms with Crippen LogP contribution in [-0.2, 0) is 17.8 Å². The summed E-state index contributed by atoms with van der Waals surface area (Å²) < 4.78 is 38.6. The molecule has 164 valence electrons. The molecule has 5 nitrogen and oxygen atoms in total. The third kappa shape index (κ3) is 7.09. The van der Waals surface area contributed by atoms with Crippen molar-refractivity contribution in [1.29, 1.82) is 0 Å². The summed E-state index contributed by atoms with van der Waals surface area (Å²) in [7, 11) is 1.63. The molecule has 0 spiro atoms. The van der Waals surface area contributed by atoms with Gasteiger partial charge in [0, 0.05) is 43.8 Å². The summed E-state index contributed by atoms with van der Waals surface area (Å²) >= 11 is 0. The molecule has 3 rings (SSSR count). The SMILES string of the molecule is CN=C(NCc1cc(F)ccc1F)NCc1ccc(C)cc1OCC1CCOC1.I. The van der Waals surface area contributed by atoms with Crippen molar-refractivity contribution in [3.63, 3.8) is 0 Å². The Bertz CT molecular complexity index is 858. The maximum absolute atomic E-state index is 13.8. The van der Waals surface area contributed by atoms with Crippen molar-refractivity contribution in [2.24, 2.45) is 10.9 Å². The van der Waals surface area contributed by atoms with Gasteiger partial charge in [-0.05, 0) is 43.2 Å². The number of aryl methyl sites for hydroxylation is 1. The summed E-state index contributed by atoms with van der Waals surface area (Å²) in [5.74, 6) is 0.812. The Morgan fingerprint density at radius 3 is 2.60 bits per heavy atom. The second-order valence-corrected chi connectivity index (χ2v) is 7.17. The number of rotatable bonds is 7. The predicted octanol–water partition coefficient (Wildman–Crippen LogP) is 4.17. The van der Waals surface area contributed by atoms with Gasteiger partial charge in [-0.15, -0.1) is 24.0 Å². The lowest BCUT2D eigenvalue weighted by molar-refractivity contribution is 0.166. The van der Waals surface area contributed by atoms with Crippen molar-refractivity contribution in [2.45, 2.75) is 26.4 Å². The average molecular weight is 531 g/mol. The summed E-state index contributed by atoms with van der Waals surface area (Å²) in [6, 6.07) is 9.46. The lowest BCUT2D eigenvalue weighted by atomic mass is 10.1. The largest absolute Gasteiger partial charge is 0.493 e. The van der Waals surface area contributed by atoms with Gasteiger partial charge in [-0.2, -0.15) is 0 Å². The van der Waals surface area contributed by atoms with Crippen LogP contribution >= 0.6 is 24.0 Å². The van der Waals surface area contributed by atoms with Crippen LogP contribution in [0.5, 0.6) is 5.75 Å². The molecule has 0 amide bonds. The summed E-state index contributed by atoms with van der Waals surface area (Å²) in [4.78, 5) is 4.15. The lowest BCUT2D eigenvalue weighted by Gasteiger charge is -2.17. The molecule has 1 aliphatic heterocycles. The number of aliphatic imine (C=N–C) groups is 1. The first-order valence-electron chi connectivity index (χ1n) is 9.73. The zero-order chi connectivity index (χ0) is 20.6. The molecule has 1 unspecified atom stereocenters. The monoisotopic (exact) mass is 531 g/mol. The molecule has 2 aromatic rings. The molecule has 0 radical (unpaired) electrons. The highest BCUT2D eigenvalue weighted by atomic mass is 127. The Hall–Kier alpha value is -1.94. The van der Waals surface area contributed by atoms with Gasteiger partial charge in [-0.1, -0.05) is 12.1 Å². The Kier molecular flexibility index (Phi) is 9.77. The van der Waals surface area contributed by atoms with Gasteiger partial charge in [0.25, 0.3) is 0 Å². The van der Waals surface area contributed by atoms with E-state index in [-0.39, 0.29) is 36.1 Å². The standard InChI is InChI=1S/C22H27F2N3O2.HI/c1-15-3-4-17(21(9-15)29-14-16-7-8-28-13-16)11-26-22(25-2)27-12-18-10-19(23)5-6-20(18)24;/h3-6,9-10,16H,7-8,11-14H2,1-2H3,(H2,25,26,27);1H. The quantitative estimate of drug-likeness (QED) is 0.320. The Morgan fingerprint density at radius 1 is 1.13 bits per heavy atom. The number of ether oxygens (including phenoxy) is 2. The first kappa shape index (κ1) is 24.3. The molecule has 0 saturated carbocycles.